The van der Waals surface area contributed by atoms with Gasteiger partial charge in [-0.3, -0.25) is 14.4 Å². The van der Waals surface area contributed by atoms with E-state index in [2.05, 4.69) is 10.6 Å². The monoisotopic (exact) mass is 500 g/mol. The van der Waals surface area contributed by atoms with Gasteiger partial charge in [0.2, 0.25) is 0 Å². The molecule has 0 bridgehead atoms. The van der Waals surface area contributed by atoms with Crippen LogP contribution in [0.5, 0.6) is 0 Å². The first-order valence-corrected chi connectivity index (χ1v) is 12.2. The van der Waals surface area contributed by atoms with Crippen molar-refractivity contribution in [2.75, 3.05) is 5.32 Å². The van der Waals surface area contributed by atoms with Crippen molar-refractivity contribution in [3.8, 4) is 0 Å². The lowest BCUT2D eigenvalue weighted by Crippen LogP contribution is -2.30. The highest BCUT2D eigenvalue weighted by Gasteiger charge is 2.15. The Morgan fingerprint density at radius 1 is 0.658 bits per heavy atom. The van der Waals surface area contributed by atoms with Gasteiger partial charge in [0.1, 0.15) is 5.70 Å². The number of carbonyl (C=O) groups excluding carboxylic acids is 3. The first kappa shape index (κ1) is 26.0. The highest BCUT2D eigenvalue weighted by atomic mass is 16.2. The number of carbonyl (C=O) groups is 3. The average Bonchev–Trinajstić information content (AvgIpc) is 2.93. The second-order valence-corrected chi connectivity index (χ2v) is 8.93. The van der Waals surface area contributed by atoms with Crippen molar-refractivity contribution >= 4 is 35.4 Å². The Balaban J connectivity index is 1.49. The molecule has 2 amide bonds. The molecule has 0 heterocycles. The molecular formula is C33H28N2O3. The van der Waals surface area contributed by atoms with E-state index in [9.17, 15) is 14.4 Å². The molecule has 0 aromatic heterocycles. The molecule has 4 aromatic carbocycles. The third-order valence-electron chi connectivity index (χ3n) is 5.81. The van der Waals surface area contributed by atoms with Gasteiger partial charge < -0.3 is 10.6 Å². The summed E-state index contributed by atoms with van der Waals surface area (Å²) in [6, 6.07) is 30.9. The maximum Gasteiger partial charge on any atom is 0.272 e. The van der Waals surface area contributed by atoms with E-state index < -0.39 is 5.91 Å². The molecule has 0 atom stereocenters. The van der Waals surface area contributed by atoms with E-state index in [1.807, 2.05) is 68.4 Å². The van der Waals surface area contributed by atoms with E-state index >= 15 is 0 Å². The molecule has 0 radical (unpaired) electrons. The minimum absolute atomic E-state index is 0.102. The van der Waals surface area contributed by atoms with E-state index in [0.717, 1.165) is 22.3 Å². The summed E-state index contributed by atoms with van der Waals surface area (Å²) in [5, 5.41) is 5.55. The number of hydrogen-bond donors (Lipinski definition) is 2. The number of amides is 2. The van der Waals surface area contributed by atoms with Crippen molar-refractivity contribution in [1.82, 2.24) is 5.32 Å². The van der Waals surface area contributed by atoms with E-state index in [4.69, 9.17) is 0 Å². The number of hydrogen-bond acceptors (Lipinski definition) is 3. The number of ketones is 1. The van der Waals surface area contributed by atoms with Crippen LogP contribution in [-0.2, 0) is 4.79 Å². The molecule has 0 fully saturated rings. The summed E-state index contributed by atoms with van der Waals surface area (Å²) in [4.78, 5) is 38.6. The third-order valence-corrected chi connectivity index (χ3v) is 5.81. The Labute approximate surface area is 222 Å². The summed E-state index contributed by atoms with van der Waals surface area (Å²) in [5.74, 6) is -1.01. The van der Waals surface area contributed by atoms with Crippen molar-refractivity contribution in [2.45, 2.75) is 13.8 Å². The molecule has 38 heavy (non-hydrogen) atoms. The summed E-state index contributed by atoms with van der Waals surface area (Å²) in [7, 11) is 0. The van der Waals surface area contributed by atoms with Gasteiger partial charge in [0.25, 0.3) is 11.8 Å². The summed E-state index contributed by atoms with van der Waals surface area (Å²) in [5.41, 5.74) is 5.45. The van der Waals surface area contributed by atoms with Crippen molar-refractivity contribution in [3.63, 3.8) is 0 Å². The van der Waals surface area contributed by atoms with E-state index in [1.54, 1.807) is 60.7 Å². The van der Waals surface area contributed by atoms with Gasteiger partial charge in [-0.1, -0.05) is 83.9 Å². The van der Waals surface area contributed by atoms with Crippen LogP contribution in [0.25, 0.3) is 12.2 Å². The second kappa shape index (κ2) is 12.3. The molecule has 0 saturated heterocycles. The predicted molar refractivity (Wildman–Crippen MR) is 153 cm³/mol. The summed E-state index contributed by atoms with van der Waals surface area (Å²) in [6.07, 6.45) is 4.94. The Hall–Kier alpha value is -5.03. The minimum atomic E-state index is -0.478. The lowest BCUT2D eigenvalue weighted by molar-refractivity contribution is -0.113. The van der Waals surface area contributed by atoms with Gasteiger partial charge in [-0.25, -0.2) is 0 Å². The number of aryl methyl sites for hydroxylation is 2. The first-order chi connectivity index (χ1) is 18.4. The van der Waals surface area contributed by atoms with Gasteiger partial charge in [0.15, 0.2) is 5.78 Å². The van der Waals surface area contributed by atoms with Crippen LogP contribution in [0.15, 0.2) is 115 Å². The summed E-state index contributed by atoms with van der Waals surface area (Å²) < 4.78 is 0. The summed E-state index contributed by atoms with van der Waals surface area (Å²) in [6.45, 7) is 3.97. The maximum absolute atomic E-state index is 13.2. The average molecular weight is 501 g/mol. The highest BCUT2D eigenvalue weighted by Crippen LogP contribution is 2.15. The normalized spacial score (nSPS) is 11.3. The molecule has 2 N–H and O–H groups in total. The van der Waals surface area contributed by atoms with Crippen molar-refractivity contribution < 1.29 is 14.4 Å². The van der Waals surface area contributed by atoms with Gasteiger partial charge >= 0.3 is 0 Å². The molecular weight excluding hydrogens is 472 g/mol. The van der Waals surface area contributed by atoms with Crippen LogP contribution in [0.3, 0.4) is 0 Å². The fraction of sp³-hybridized carbons (Fsp3) is 0.0606. The van der Waals surface area contributed by atoms with Crippen LogP contribution < -0.4 is 10.6 Å². The standard InChI is InChI=1S/C33H28N2O3/c1-23-11-13-25(14-12-23)15-20-31(36)27-16-18-29(19-17-27)34-33(38)30(22-26-8-6-7-24(2)21-26)35-32(37)28-9-4-3-5-10-28/h3-22H,1-2H3,(H,34,38)(H,35,37)/b20-15+,30-22-. The van der Waals surface area contributed by atoms with Crippen LogP contribution in [0.2, 0.25) is 0 Å². The zero-order valence-electron chi connectivity index (χ0n) is 21.3. The number of allylic oxidation sites excluding steroid dienone is 1. The third kappa shape index (κ3) is 7.24. The molecule has 0 unspecified atom stereocenters. The van der Waals surface area contributed by atoms with E-state index in [-0.39, 0.29) is 17.4 Å². The lowest BCUT2D eigenvalue weighted by atomic mass is 10.1. The van der Waals surface area contributed by atoms with Gasteiger partial charge in [-0.2, -0.15) is 0 Å². The van der Waals surface area contributed by atoms with Gasteiger partial charge in [0.05, 0.1) is 0 Å². The van der Waals surface area contributed by atoms with E-state index in [0.29, 0.717) is 16.8 Å². The second-order valence-electron chi connectivity index (χ2n) is 8.93. The molecule has 4 aromatic rings. The molecule has 5 nitrogen and oxygen atoms in total. The summed E-state index contributed by atoms with van der Waals surface area (Å²) >= 11 is 0. The highest BCUT2D eigenvalue weighted by molar-refractivity contribution is 6.11. The number of rotatable bonds is 8. The molecule has 188 valence electrons. The number of nitrogens with one attached hydrogen (secondary N) is 2. The smallest absolute Gasteiger partial charge is 0.272 e. The molecule has 0 aliphatic rings. The zero-order valence-corrected chi connectivity index (χ0v) is 21.3. The van der Waals surface area contributed by atoms with Crippen LogP contribution >= 0.6 is 0 Å². The van der Waals surface area contributed by atoms with Crippen LogP contribution in [0, 0.1) is 13.8 Å². The number of benzene rings is 4. The van der Waals surface area contributed by atoms with Gasteiger partial charge in [-0.05, 0) is 73.5 Å². The topological polar surface area (TPSA) is 75.3 Å². The Bertz CT molecular complexity index is 1500. The fourth-order valence-electron chi connectivity index (χ4n) is 3.73. The minimum Gasteiger partial charge on any atom is -0.321 e. The predicted octanol–water partition coefficient (Wildman–Crippen LogP) is 6.61. The lowest BCUT2D eigenvalue weighted by Gasteiger charge is -2.12. The van der Waals surface area contributed by atoms with Crippen LogP contribution in [0.4, 0.5) is 5.69 Å². The first-order valence-electron chi connectivity index (χ1n) is 12.2. The molecule has 5 heteroatoms. The number of anilines is 1. The van der Waals surface area contributed by atoms with Crippen molar-refractivity contribution in [3.05, 3.63) is 148 Å². The molecule has 0 saturated carbocycles. The van der Waals surface area contributed by atoms with Crippen LogP contribution in [-0.4, -0.2) is 17.6 Å². The van der Waals surface area contributed by atoms with Crippen molar-refractivity contribution in [2.24, 2.45) is 0 Å². The Morgan fingerprint density at radius 2 is 1.37 bits per heavy atom. The SMILES string of the molecule is Cc1ccc(/C=C/C(=O)c2ccc(NC(=O)/C(=C/c3cccc(C)c3)NC(=O)c3ccccc3)cc2)cc1. The quantitative estimate of drug-likeness (QED) is 0.211. The van der Waals surface area contributed by atoms with Gasteiger partial charge in [-0.15, -0.1) is 0 Å². The van der Waals surface area contributed by atoms with Crippen molar-refractivity contribution in [1.29, 1.82) is 0 Å². The molecule has 0 aliphatic carbocycles. The fourth-order valence-corrected chi connectivity index (χ4v) is 3.73. The molecule has 4 rings (SSSR count). The Kier molecular flexibility index (Phi) is 8.42. The van der Waals surface area contributed by atoms with Crippen LogP contribution in [0.1, 0.15) is 43.0 Å². The van der Waals surface area contributed by atoms with E-state index in [1.165, 1.54) is 6.08 Å². The van der Waals surface area contributed by atoms with Gasteiger partial charge in [0, 0.05) is 16.8 Å². The zero-order chi connectivity index (χ0) is 26.9. The Morgan fingerprint density at radius 3 is 2.05 bits per heavy atom. The molecule has 0 aliphatic heterocycles. The largest absolute Gasteiger partial charge is 0.321 e. The maximum atomic E-state index is 13.2. The molecule has 0 spiro atoms.